The van der Waals surface area contributed by atoms with E-state index in [9.17, 15) is 0 Å². The molecule has 1 aromatic rings. The van der Waals surface area contributed by atoms with Crippen molar-refractivity contribution in [3.63, 3.8) is 0 Å². The van der Waals surface area contributed by atoms with Crippen LogP contribution in [0.2, 0.25) is 0 Å². The Kier molecular flexibility index (Phi) is 3.74. The second kappa shape index (κ2) is 5.02. The van der Waals surface area contributed by atoms with Crippen LogP contribution in [0, 0.1) is 0 Å². The van der Waals surface area contributed by atoms with Gasteiger partial charge in [0.1, 0.15) is 11.5 Å². The number of nitrogens with two attached hydrogens (primary N) is 1. The highest BCUT2D eigenvalue weighted by Gasteiger charge is 2.43. The van der Waals surface area contributed by atoms with Gasteiger partial charge in [-0.25, -0.2) is 0 Å². The molecule has 1 aliphatic heterocycles. The summed E-state index contributed by atoms with van der Waals surface area (Å²) in [4.78, 5) is 0. The monoisotopic (exact) mass is 265 g/mol. The molecular formula is C15H23NO3. The normalized spacial score (nSPS) is 17.7. The number of ether oxygens (including phenoxy) is 3. The van der Waals surface area contributed by atoms with Gasteiger partial charge in [0.15, 0.2) is 0 Å². The van der Waals surface area contributed by atoms with Gasteiger partial charge in [0.05, 0.1) is 27.4 Å². The molecule has 1 fully saturated rings. The van der Waals surface area contributed by atoms with Crippen molar-refractivity contribution in [3.8, 4) is 11.5 Å². The molecule has 19 heavy (non-hydrogen) atoms. The van der Waals surface area contributed by atoms with Crippen molar-refractivity contribution in [2.45, 2.75) is 31.2 Å². The zero-order valence-electron chi connectivity index (χ0n) is 12.2. The fourth-order valence-electron chi connectivity index (χ4n) is 2.71. The van der Waals surface area contributed by atoms with Gasteiger partial charge in [-0.15, -0.1) is 0 Å². The molecule has 0 unspecified atom stereocenters. The van der Waals surface area contributed by atoms with E-state index in [2.05, 4.69) is 12.1 Å². The van der Waals surface area contributed by atoms with E-state index in [1.807, 2.05) is 19.9 Å². The summed E-state index contributed by atoms with van der Waals surface area (Å²) >= 11 is 0. The van der Waals surface area contributed by atoms with Crippen molar-refractivity contribution in [3.05, 3.63) is 23.8 Å². The van der Waals surface area contributed by atoms with E-state index in [0.29, 0.717) is 13.2 Å². The smallest absolute Gasteiger partial charge is 0.122 e. The molecule has 2 N–H and O–H groups in total. The maximum atomic E-state index is 6.19. The van der Waals surface area contributed by atoms with Gasteiger partial charge in [-0.1, -0.05) is 0 Å². The van der Waals surface area contributed by atoms with Crippen molar-refractivity contribution in [1.82, 2.24) is 0 Å². The molecule has 0 aromatic heterocycles. The van der Waals surface area contributed by atoms with Gasteiger partial charge in [-0.2, -0.15) is 0 Å². The van der Waals surface area contributed by atoms with Gasteiger partial charge < -0.3 is 19.9 Å². The molecule has 106 valence electrons. The second-order valence-electron chi connectivity index (χ2n) is 6.04. The van der Waals surface area contributed by atoms with E-state index in [0.717, 1.165) is 17.9 Å². The minimum Gasteiger partial charge on any atom is -0.497 e. The highest BCUT2D eigenvalue weighted by molar-refractivity contribution is 5.43. The van der Waals surface area contributed by atoms with Crippen LogP contribution in [0.5, 0.6) is 11.5 Å². The van der Waals surface area contributed by atoms with Crippen molar-refractivity contribution in [1.29, 1.82) is 0 Å². The van der Waals surface area contributed by atoms with Gasteiger partial charge in [0.2, 0.25) is 0 Å². The number of hydrogen-bond donors (Lipinski definition) is 1. The fourth-order valence-corrected chi connectivity index (χ4v) is 2.71. The van der Waals surface area contributed by atoms with E-state index < -0.39 is 0 Å². The van der Waals surface area contributed by atoms with Crippen LogP contribution in [0.15, 0.2) is 18.2 Å². The molecule has 0 bridgehead atoms. The third-order valence-electron chi connectivity index (χ3n) is 3.51. The maximum Gasteiger partial charge on any atom is 0.122 e. The van der Waals surface area contributed by atoms with E-state index >= 15 is 0 Å². The minimum atomic E-state index is -0.236. The molecule has 1 aliphatic rings. The maximum absolute atomic E-state index is 6.19. The molecule has 0 saturated carbocycles. The van der Waals surface area contributed by atoms with Crippen LogP contribution in [-0.4, -0.2) is 33.0 Å². The van der Waals surface area contributed by atoms with Crippen LogP contribution in [0.1, 0.15) is 25.8 Å². The Morgan fingerprint density at radius 1 is 1.16 bits per heavy atom. The fraction of sp³-hybridized carbons (Fsp3) is 0.600. The lowest BCUT2D eigenvalue weighted by atomic mass is 9.71. The molecule has 0 aliphatic carbocycles. The summed E-state index contributed by atoms with van der Waals surface area (Å²) in [6, 6.07) is 5.98. The molecule has 4 heteroatoms. The molecular weight excluding hydrogens is 242 g/mol. The predicted octanol–water partition coefficient (Wildman–Crippen LogP) is 2.10. The summed E-state index contributed by atoms with van der Waals surface area (Å²) in [5.41, 5.74) is 7.10. The Morgan fingerprint density at radius 3 is 2.00 bits per heavy atom. The van der Waals surface area contributed by atoms with Crippen LogP contribution >= 0.6 is 0 Å². The average Bonchev–Trinajstić information content (AvgIpc) is 2.32. The molecule has 1 aromatic carbocycles. The zero-order valence-corrected chi connectivity index (χ0v) is 12.2. The SMILES string of the molecule is COc1cc(OC)cc(C2(CC(C)(C)N)COC2)c1. The number of rotatable bonds is 5. The van der Waals surface area contributed by atoms with E-state index in [1.54, 1.807) is 14.2 Å². The van der Waals surface area contributed by atoms with Crippen LogP contribution in [-0.2, 0) is 10.2 Å². The molecule has 0 radical (unpaired) electrons. The van der Waals surface area contributed by atoms with Crippen molar-refractivity contribution in [2.24, 2.45) is 5.73 Å². The van der Waals surface area contributed by atoms with E-state index in [4.69, 9.17) is 19.9 Å². The molecule has 0 amide bonds. The molecule has 1 heterocycles. The van der Waals surface area contributed by atoms with Gasteiger partial charge in [-0.05, 0) is 38.0 Å². The summed E-state index contributed by atoms with van der Waals surface area (Å²) in [7, 11) is 3.32. The first-order valence-electron chi connectivity index (χ1n) is 6.49. The molecule has 0 spiro atoms. The molecule has 2 rings (SSSR count). The number of hydrogen-bond acceptors (Lipinski definition) is 4. The third-order valence-corrected chi connectivity index (χ3v) is 3.51. The molecule has 4 nitrogen and oxygen atoms in total. The Morgan fingerprint density at radius 2 is 1.68 bits per heavy atom. The average molecular weight is 265 g/mol. The highest BCUT2D eigenvalue weighted by atomic mass is 16.5. The van der Waals surface area contributed by atoms with Crippen LogP contribution < -0.4 is 15.2 Å². The topological polar surface area (TPSA) is 53.7 Å². The Bertz CT molecular complexity index is 425. The van der Waals surface area contributed by atoms with Crippen molar-refractivity contribution < 1.29 is 14.2 Å². The van der Waals surface area contributed by atoms with E-state index in [-0.39, 0.29) is 11.0 Å². The number of methoxy groups -OCH3 is 2. The lowest BCUT2D eigenvalue weighted by Gasteiger charge is -2.45. The molecule has 0 atom stereocenters. The van der Waals surface area contributed by atoms with Gasteiger partial charge in [0, 0.05) is 17.0 Å². The summed E-state index contributed by atoms with van der Waals surface area (Å²) < 4.78 is 16.1. The molecule has 1 saturated heterocycles. The third kappa shape index (κ3) is 3.01. The first kappa shape index (κ1) is 14.2. The van der Waals surface area contributed by atoms with Gasteiger partial charge in [-0.3, -0.25) is 0 Å². The van der Waals surface area contributed by atoms with Crippen LogP contribution in [0.25, 0.3) is 0 Å². The van der Waals surface area contributed by atoms with Crippen LogP contribution in [0.3, 0.4) is 0 Å². The van der Waals surface area contributed by atoms with Gasteiger partial charge >= 0.3 is 0 Å². The minimum absolute atomic E-state index is 0.0277. The summed E-state index contributed by atoms with van der Waals surface area (Å²) in [6.45, 7) is 5.49. The van der Waals surface area contributed by atoms with Crippen molar-refractivity contribution >= 4 is 0 Å². The standard InChI is InChI=1S/C15H23NO3/c1-14(2,16)8-15(9-19-10-15)11-5-12(17-3)7-13(6-11)18-4/h5-7H,8-10,16H2,1-4H3. The summed E-state index contributed by atoms with van der Waals surface area (Å²) in [6.07, 6.45) is 0.871. The first-order chi connectivity index (χ1) is 8.88. The summed E-state index contributed by atoms with van der Waals surface area (Å²) in [5.74, 6) is 1.60. The lowest BCUT2D eigenvalue weighted by Crippen LogP contribution is -2.53. The number of benzene rings is 1. The van der Waals surface area contributed by atoms with E-state index in [1.165, 1.54) is 5.56 Å². The zero-order chi connectivity index (χ0) is 14.1. The van der Waals surface area contributed by atoms with Gasteiger partial charge in [0.25, 0.3) is 0 Å². The second-order valence-corrected chi connectivity index (χ2v) is 6.04. The highest BCUT2D eigenvalue weighted by Crippen LogP contribution is 2.41. The van der Waals surface area contributed by atoms with Crippen molar-refractivity contribution in [2.75, 3.05) is 27.4 Å². The lowest BCUT2D eigenvalue weighted by molar-refractivity contribution is -0.0720. The quantitative estimate of drug-likeness (QED) is 0.886. The Balaban J connectivity index is 2.37. The van der Waals surface area contributed by atoms with Crippen LogP contribution in [0.4, 0.5) is 0 Å². The Labute approximate surface area is 114 Å². The largest absolute Gasteiger partial charge is 0.497 e. The Hall–Kier alpha value is -1.26. The predicted molar refractivity (Wildman–Crippen MR) is 74.9 cm³/mol. The summed E-state index contributed by atoms with van der Waals surface area (Å²) in [5, 5.41) is 0. The first-order valence-corrected chi connectivity index (χ1v) is 6.49.